The molecule has 0 radical (unpaired) electrons. The fourth-order valence-corrected chi connectivity index (χ4v) is 1.41. The van der Waals surface area contributed by atoms with Crippen LogP contribution in [0.15, 0.2) is 41.5 Å². The number of benzene rings is 1. The number of carbonyl (C=O) groups is 1. The standard InChI is InChI=1S/C12H10O4/c1-3-10(13)16-9-5-4-8-6-7-15-11(8)12(9)14-2/h3-7H,1H2,2H3. The van der Waals surface area contributed by atoms with Crippen molar-refractivity contribution in [3.8, 4) is 11.5 Å². The summed E-state index contributed by atoms with van der Waals surface area (Å²) in [5.41, 5.74) is 0.553. The molecule has 4 nitrogen and oxygen atoms in total. The maximum absolute atomic E-state index is 11.1. The molecule has 1 aromatic carbocycles. The van der Waals surface area contributed by atoms with Crippen molar-refractivity contribution < 1.29 is 18.7 Å². The van der Waals surface area contributed by atoms with Crippen molar-refractivity contribution in [2.24, 2.45) is 0 Å². The molecule has 0 aliphatic carbocycles. The highest BCUT2D eigenvalue weighted by Gasteiger charge is 2.13. The third-order valence-electron chi connectivity index (χ3n) is 2.12. The van der Waals surface area contributed by atoms with Crippen LogP contribution in [0.2, 0.25) is 0 Å². The smallest absolute Gasteiger partial charge is 0.335 e. The molecule has 0 saturated carbocycles. The maximum atomic E-state index is 11.1. The number of rotatable bonds is 3. The van der Waals surface area contributed by atoms with Crippen molar-refractivity contribution in [1.29, 1.82) is 0 Å². The van der Waals surface area contributed by atoms with Gasteiger partial charge in [0.25, 0.3) is 0 Å². The Morgan fingerprint density at radius 1 is 1.44 bits per heavy atom. The molecule has 4 heteroatoms. The monoisotopic (exact) mass is 218 g/mol. The van der Waals surface area contributed by atoms with Gasteiger partial charge in [0.1, 0.15) is 0 Å². The van der Waals surface area contributed by atoms with Crippen molar-refractivity contribution >= 4 is 16.9 Å². The SMILES string of the molecule is C=CC(=O)Oc1ccc2ccoc2c1OC. The molecule has 0 amide bonds. The molecular weight excluding hydrogens is 208 g/mol. The van der Waals surface area contributed by atoms with E-state index in [2.05, 4.69) is 6.58 Å². The largest absolute Gasteiger partial charge is 0.490 e. The van der Waals surface area contributed by atoms with E-state index in [0.717, 1.165) is 11.5 Å². The minimum absolute atomic E-state index is 0.315. The molecule has 82 valence electrons. The number of hydrogen-bond donors (Lipinski definition) is 0. The van der Waals surface area contributed by atoms with Crippen molar-refractivity contribution in [2.45, 2.75) is 0 Å². The van der Waals surface area contributed by atoms with Crippen LogP contribution in [0.4, 0.5) is 0 Å². The summed E-state index contributed by atoms with van der Waals surface area (Å²) in [6.07, 6.45) is 2.64. The summed E-state index contributed by atoms with van der Waals surface area (Å²) in [4.78, 5) is 11.1. The zero-order valence-corrected chi connectivity index (χ0v) is 8.73. The van der Waals surface area contributed by atoms with Crippen LogP contribution in [0.3, 0.4) is 0 Å². The first kappa shape index (κ1) is 10.3. The van der Waals surface area contributed by atoms with Gasteiger partial charge in [-0.2, -0.15) is 0 Å². The first-order valence-electron chi connectivity index (χ1n) is 4.64. The highest BCUT2D eigenvalue weighted by atomic mass is 16.6. The van der Waals surface area contributed by atoms with Crippen LogP contribution in [0, 0.1) is 0 Å². The Bertz CT molecular complexity index is 539. The maximum Gasteiger partial charge on any atom is 0.335 e. The third kappa shape index (κ3) is 1.65. The molecule has 0 N–H and O–H groups in total. The van der Waals surface area contributed by atoms with Gasteiger partial charge in [-0.15, -0.1) is 0 Å². The predicted molar refractivity (Wildman–Crippen MR) is 58.6 cm³/mol. The second kappa shape index (κ2) is 4.10. The lowest BCUT2D eigenvalue weighted by Crippen LogP contribution is -2.04. The quantitative estimate of drug-likeness (QED) is 0.451. The van der Waals surface area contributed by atoms with Gasteiger partial charge in [0.15, 0.2) is 11.3 Å². The van der Waals surface area contributed by atoms with Gasteiger partial charge in [-0.1, -0.05) is 6.58 Å². The molecule has 1 heterocycles. The molecule has 2 aromatic rings. The van der Waals surface area contributed by atoms with Gasteiger partial charge in [-0.3, -0.25) is 0 Å². The normalized spacial score (nSPS) is 10.1. The van der Waals surface area contributed by atoms with Crippen LogP contribution in [-0.4, -0.2) is 13.1 Å². The van der Waals surface area contributed by atoms with Crippen LogP contribution in [0.1, 0.15) is 0 Å². The average molecular weight is 218 g/mol. The molecule has 16 heavy (non-hydrogen) atoms. The predicted octanol–water partition coefficient (Wildman–Crippen LogP) is 2.53. The van der Waals surface area contributed by atoms with E-state index in [9.17, 15) is 4.79 Å². The first-order valence-corrected chi connectivity index (χ1v) is 4.64. The van der Waals surface area contributed by atoms with Crippen molar-refractivity contribution in [1.82, 2.24) is 0 Å². The van der Waals surface area contributed by atoms with E-state index in [1.165, 1.54) is 7.11 Å². The third-order valence-corrected chi connectivity index (χ3v) is 2.12. The van der Waals surface area contributed by atoms with Gasteiger partial charge in [-0.25, -0.2) is 4.79 Å². The van der Waals surface area contributed by atoms with Crippen LogP contribution >= 0.6 is 0 Å². The molecule has 0 aliphatic heterocycles. The number of fused-ring (bicyclic) bond motifs is 1. The van der Waals surface area contributed by atoms with Gasteiger partial charge in [-0.05, 0) is 18.2 Å². The Morgan fingerprint density at radius 3 is 2.94 bits per heavy atom. The summed E-state index contributed by atoms with van der Waals surface area (Å²) in [5, 5.41) is 0.884. The number of furan rings is 1. The van der Waals surface area contributed by atoms with Gasteiger partial charge in [0.05, 0.1) is 13.4 Å². The minimum Gasteiger partial charge on any atom is -0.490 e. The lowest BCUT2D eigenvalue weighted by atomic mass is 10.2. The van der Waals surface area contributed by atoms with E-state index in [0.29, 0.717) is 17.1 Å². The summed E-state index contributed by atoms with van der Waals surface area (Å²) in [5.74, 6) is 0.178. The van der Waals surface area contributed by atoms with E-state index < -0.39 is 5.97 Å². The van der Waals surface area contributed by atoms with Crippen LogP contribution in [-0.2, 0) is 4.79 Å². The number of hydrogen-bond acceptors (Lipinski definition) is 4. The van der Waals surface area contributed by atoms with Crippen molar-refractivity contribution in [3.63, 3.8) is 0 Å². The lowest BCUT2D eigenvalue weighted by Gasteiger charge is -2.07. The molecule has 0 unspecified atom stereocenters. The van der Waals surface area contributed by atoms with Crippen molar-refractivity contribution in [3.05, 3.63) is 37.1 Å². The molecular formula is C12H10O4. The average Bonchev–Trinajstić information content (AvgIpc) is 2.76. The van der Waals surface area contributed by atoms with E-state index in [1.807, 2.05) is 0 Å². The second-order valence-electron chi connectivity index (χ2n) is 3.06. The number of carbonyl (C=O) groups excluding carboxylic acids is 1. The first-order chi connectivity index (χ1) is 7.76. The summed E-state index contributed by atoms with van der Waals surface area (Å²) >= 11 is 0. The second-order valence-corrected chi connectivity index (χ2v) is 3.06. The molecule has 0 saturated heterocycles. The topological polar surface area (TPSA) is 48.7 Å². The fraction of sp³-hybridized carbons (Fsp3) is 0.0833. The number of methoxy groups -OCH3 is 1. The molecule has 0 atom stereocenters. The summed E-state index contributed by atoms with van der Waals surface area (Å²) in [7, 11) is 1.49. The Labute approximate surface area is 92.1 Å². The summed E-state index contributed by atoms with van der Waals surface area (Å²) in [6, 6.07) is 5.24. The zero-order chi connectivity index (χ0) is 11.5. The summed E-state index contributed by atoms with van der Waals surface area (Å²) < 4.78 is 15.4. The highest BCUT2D eigenvalue weighted by molar-refractivity contribution is 5.89. The van der Waals surface area contributed by atoms with Crippen LogP contribution in [0.5, 0.6) is 11.5 Å². The molecule has 1 aromatic heterocycles. The van der Waals surface area contributed by atoms with E-state index in [4.69, 9.17) is 13.9 Å². The van der Waals surface area contributed by atoms with Gasteiger partial charge < -0.3 is 13.9 Å². The van der Waals surface area contributed by atoms with Gasteiger partial charge in [0, 0.05) is 11.5 Å². The molecule has 0 bridgehead atoms. The Balaban J connectivity index is 2.51. The fourth-order valence-electron chi connectivity index (χ4n) is 1.41. The Hall–Kier alpha value is -2.23. The van der Waals surface area contributed by atoms with Crippen molar-refractivity contribution in [2.75, 3.05) is 7.11 Å². The number of ether oxygens (including phenoxy) is 2. The number of esters is 1. The van der Waals surface area contributed by atoms with Crippen LogP contribution < -0.4 is 9.47 Å². The van der Waals surface area contributed by atoms with E-state index >= 15 is 0 Å². The van der Waals surface area contributed by atoms with Gasteiger partial charge >= 0.3 is 5.97 Å². The highest BCUT2D eigenvalue weighted by Crippen LogP contribution is 2.36. The molecule has 0 aliphatic rings. The lowest BCUT2D eigenvalue weighted by molar-refractivity contribution is -0.129. The molecule has 0 fully saturated rings. The van der Waals surface area contributed by atoms with E-state index in [-0.39, 0.29) is 0 Å². The van der Waals surface area contributed by atoms with Crippen LogP contribution in [0.25, 0.3) is 11.0 Å². The minimum atomic E-state index is -0.538. The Morgan fingerprint density at radius 2 is 2.25 bits per heavy atom. The summed E-state index contributed by atoms with van der Waals surface area (Å²) in [6.45, 7) is 3.33. The van der Waals surface area contributed by atoms with E-state index in [1.54, 1.807) is 24.5 Å². The Kier molecular flexibility index (Phi) is 2.64. The zero-order valence-electron chi connectivity index (χ0n) is 8.73. The van der Waals surface area contributed by atoms with Gasteiger partial charge in [0.2, 0.25) is 5.75 Å². The molecule has 0 spiro atoms. The molecule has 2 rings (SSSR count).